The van der Waals surface area contributed by atoms with Gasteiger partial charge in [0.2, 0.25) is 0 Å². The van der Waals surface area contributed by atoms with Gasteiger partial charge < -0.3 is 5.73 Å². The summed E-state index contributed by atoms with van der Waals surface area (Å²) in [6.07, 6.45) is 0.921. The van der Waals surface area contributed by atoms with Crippen LogP contribution in [0.3, 0.4) is 0 Å². The van der Waals surface area contributed by atoms with E-state index in [2.05, 4.69) is 64.5 Å². The summed E-state index contributed by atoms with van der Waals surface area (Å²) in [6.45, 7) is 2.05. The molecule has 1 unspecified atom stereocenters. The third-order valence-electron chi connectivity index (χ3n) is 2.81. The van der Waals surface area contributed by atoms with Crippen molar-refractivity contribution in [1.29, 1.82) is 0 Å². The summed E-state index contributed by atoms with van der Waals surface area (Å²) in [4.78, 5) is 1.32. The monoisotopic (exact) mass is 335 g/mol. The highest BCUT2D eigenvalue weighted by Crippen LogP contribution is 2.29. The topological polar surface area (TPSA) is 26.0 Å². The Hall–Kier alpha value is -0.770. The minimum absolute atomic E-state index is 0.192. The van der Waals surface area contributed by atoms with Crippen LogP contribution >= 0.6 is 27.7 Å². The summed E-state index contributed by atoms with van der Waals surface area (Å²) in [5.41, 5.74) is 8.60. The highest BCUT2D eigenvalue weighted by molar-refractivity contribution is 9.10. The molecule has 3 heteroatoms. The van der Waals surface area contributed by atoms with E-state index in [1.165, 1.54) is 16.0 Å². The molecule has 0 saturated heterocycles. The number of hydrogen-bond acceptors (Lipinski definition) is 2. The number of nitrogens with two attached hydrogens (primary N) is 1. The van der Waals surface area contributed by atoms with E-state index >= 15 is 0 Å². The molecule has 2 rings (SSSR count). The zero-order valence-electron chi connectivity index (χ0n) is 11.0. The Bertz CT molecular complexity index is 526. The van der Waals surface area contributed by atoms with Crippen molar-refractivity contribution in [3.63, 3.8) is 0 Å². The standard InChI is InChI=1S/C16H18BrNS/c1-12(18)9-14-7-8-15(17)10-16(14)19-11-13-5-3-2-4-6-13/h2-8,10,12H,9,11,18H2,1H3. The van der Waals surface area contributed by atoms with Crippen LogP contribution in [0.1, 0.15) is 18.1 Å². The lowest BCUT2D eigenvalue weighted by atomic mass is 10.1. The van der Waals surface area contributed by atoms with Crippen LogP contribution in [0.25, 0.3) is 0 Å². The lowest BCUT2D eigenvalue weighted by Gasteiger charge is -2.12. The number of thioether (sulfide) groups is 1. The maximum atomic E-state index is 5.92. The van der Waals surface area contributed by atoms with Crippen molar-refractivity contribution in [3.8, 4) is 0 Å². The van der Waals surface area contributed by atoms with Gasteiger partial charge in [-0.15, -0.1) is 11.8 Å². The van der Waals surface area contributed by atoms with Gasteiger partial charge in [-0.2, -0.15) is 0 Å². The van der Waals surface area contributed by atoms with Gasteiger partial charge in [0, 0.05) is 21.2 Å². The summed E-state index contributed by atoms with van der Waals surface area (Å²) in [5, 5.41) is 0. The molecule has 19 heavy (non-hydrogen) atoms. The van der Waals surface area contributed by atoms with E-state index in [9.17, 15) is 0 Å². The van der Waals surface area contributed by atoms with Gasteiger partial charge in [-0.1, -0.05) is 52.3 Å². The Morgan fingerprint density at radius 1 is 1.16 bits per heavy atom. The summed E-state index contributed by atoms with van der Waals surface area (Å²) in [5.74, 6) is 0.989. The molecule has 2 aromatic rings. The second kappa shape index (κ2) is 7.13. The van der Waals surface area contributed by atoms with Crippen molar-refractivity contribution < 1.29 is 0 Å². The smallest absolute Gasteiger partial charge is 0.0232 e. The molecule has 0 amide bonds. The molecule has 0 radical (unpaired) electrons. The van der Waals surface area contributed by atoms with Crippen LogP contribution in [-0.2, 0) is 12.2 Å². The van der Waals surface area contributed by atoms with Crippen LogP contribution in [0.4, 0.5) is 0 Å². The second-order valence-corrected chi connectivity index (χ2v) is 6.64. The Labute approximate surface area is 127 Å². The molecule has 0 aliphatic heterocycles. The minimum Gasteiger partial charge on any atom is -0.328 e. The summed E-state index contributed by atoms with van der Waals surface area (Å²) >= 11 is 5.41. The number of benzene rings is 2. The molecule has 2 N–H and O–H groups in total. The maximum Gasteiger partial charge on any atom is 0.0232 e. The first kappa shape index (κ1) is 14.6. The molecule has 1 atom stereocenters. The van der Waals surface area contributed by atoms with Crippen molar-refractivity contribution in [1.82, 2.24) is 0 Å². The number of halogens is 1. The predicted octanol–water partition coefficient (Wildman–Crippen LogP) is 4.63. The van der Waals surface area contributed by atoms with Crippen LogP contribution < -0.4 is 5.73 Å². The Morgan fingerprint density at radius 2 is 1.89 bits per heavy atom. The lowest BCUT2D eigenvalue weighted by molar-refractivity contribution is 0.729. The molecular weight excluding hydrogens is 318 g/mol. The molecule has 2 aromatic carbocycles. The van der Waals surface area contributed by atoms with Crippen LogP contribution in [0.5, 0.6) is 0 Å². The van der Waals surface area contributed by atoms with E-state index in [0.717, 1.165) is 16.6 Å². The minimum atomic E-state index is 0.192. The zero-order chi connectivity index (χ0) is 13.7. The van der Waals surface area contributed by atoms with Crippen molar-refractivity contribution >= 4 is 27.7 Å². The van der Waals surface area contributed by atoms with E-state index in [4.69, 9.17) is 5.73 Å². The SMILES string of the molecule is CC(N)Cc1ccc(Br)cc1SCc1ccccc1. The molecule has 0 aliphatic rings. The van der Waals surface area contributed by atoms with Gasteiger partial charge in [-0.3, -0.25) is 0 Å². The quantitative estimate of drug-likeness (QED) is 0.806. The van der Waals surface area contributed by atoms with Crippen molar-refractivity contribution in [3.05, 3.63) is 64.1 Å². The van der Waals surface area contributed by atoms with E-state index in [1.807, 2.05) is 18.7 Å². The Morgan fingerprint density at radius 3 is 2.58 bits per heavy atom. The number of hydrogen-bond donors (Lipinski definition) is 1. The van der Waals surface area contributed by atoms with Crippen LogP contribution in [0.2, 0.25) is 0 Å². The maximum absolute atomic E-state index is 5.92. The largest absolute Gasteiger partial charge is 0.328 e. The van der Waals surface area contributed by atoms with Gasteiger partial charge in [0.25, 0.3) is 0 Å². The molecule has 0 fully saturated rings. The molecule has 0 aromatic heterocycles. The third kappa shape index (κ3) is 4.68. The van der Waals surface area contributed by atoms with Crippen LogP contribution in [-0.4, -0.2) is 6.04 Å². The van der Waals surface area contributed by atoms with Gasteiger partial charge in [0.15, 0.2) is 0 Å². The third-order valence-corrected chi connectivity index (χ3v) is 4.47. The average Bonchev–Trinajstić information content (AvgIpc) is 2.40. The Balaban J connectivity index is 2.12. The van der Waals surface area contributed by atoms with Crippen molar-refractivity contribution in [2.45, 2.75) is 30.0 Å². The van der Waals surface area contributed by atoms with Crippen LogP contribution in [0.15, 0.2) is 57.9 Å². The van der Waals surface area contributed by atoms with E-state index in [1.54, 1.807) is 0 Å². The average molecular weight is 336 g/mol. The van der Waals surface area contributed by atoms with Gasteiger partial charge in [0.05, 0.1) is 0 Å². The molecular formula is C16H18BrNS. The Kier molecular flexibility index (Phi) is 5.49. The van der Waals surface area contributed by atoms with E-state index in [0.29, 0.717) is 0 Å². The molecule has 0 aliphatic carbocycles. The van der Waals surface area contributed by atoms with Gasteiger partial charge in [0.1, 0.15) is 0 Å². The van der Waals surface area contributed by atoms with Gasteiger partial charge in [-0.05, 0) is 36.6 Å². The number of rotatable bonds is 5. The molecule has 0 heterocycles. The van der Waals surface area contributed by atoms with Crippen molar-refractivity contribution in [2.24, 2.45) is 5.73 Å². The molecule has 0 spiro atoms. The first-order valence-electron chi connectivity index (χ1n) is 6.36. The first-order valence-corrected chi connectivity index (χ1v) is 8.14. The summed E-state index contributed by atoms with van der Waals surface area (Å²) < 4.78 is 1.12. The van der Waals surface area contributed by atoms with E-state index < -0.39 is 0 Å². The highest BCUT2D eigenvalue weighted by Gasteiger charge is 2.07. The molecule has 0 saturated carbocycles. The fraction of sp³-hybridized carbons (Fsp3) is 0.250. The summed E-state index contributed by atoms with van der Waals surface area (Å²) in [7, 11) is 0. The fourth-order valence-corrected chi connectivity index (χ4v) is 3.49. The normalized spacial score (nSPS) is 12.4. The van der Waals surface area contributed by atoms with Gasteiger partial charge >= 0.3 is 0 Å². The first-order chi connectivity index (χ1) is 9.15. The predicted molar refractivity (Wildman–Crippen MR) is 87.5 cm³/mol. The van der Waals surface area contributed by atoms with Crippen LogP contribution in [0, 0.1) is 0 Å². The lowest BCUT2D eigenvalue weighted by Crippen LogP contribution is -2.18. The molecule has 1 nitrogen and oxygen atoms in total. The van der Waals surface area contributed by atoms with Crippen molar-refractivity contribution in [2.75, 3.05) is 0 Å². The van der Waals surface area contributed by atoms with Gasteiger partial charge in [-0.25, -0.2) is 0 Å². The molecule has 100 valence electrons. The van der Waals surface area contributed by atoms with E-state index in [-0.39, 0.29) is 6.04 Å². The summed E-state index contributed by atoms with van der Waals surface area (Å²) in [6, 6.07) is 17.2. The second-order valence-electron chi connectivity index (χ2n) is 4.71. The zero-order valence-corrected chi connectivity index (χ0v) is 13.4. The molecule has 0 bridgehead atoms. The highest BCUT2D eigenvalue weighted by atomic mass is 79.9. The fourth-order valence-electron chi connectivity index (χ4n) is 1.91.